The number of hydrogen-bond donors (Lipinski definition) is 1. The third kappa shape index (κ3) is 6.51. The Labute approximate surface area is 148 Å². The van der Waals surface area contributed by atoms with Crippen molar-refractivity contribution in [1.82, 2.24) is 0 Å². The zero-order chi connectivity index (χ0) is 17.4. The van der Waals surface area contributed by atoms with Crippen LogP contribution in [0.4, 0.5) is 10.1 Å². The normalized spacial score (nSPS) is 11.9. The van der Waals surface area contributed by atoms with Gasteiger partial charge in [-0.2, -0.15) is 0 Å². The number of anilines is 1. The van der Waals surface area contributed by atoms with Gasteiger partial charge in [-0.15, -0.1) is 11.8 Å². The molecular weight excluding hydrogens is 385 g/mol. The van der Waals surface area contributed by atoms with Crippen LogP contribution in [0.2, 0.25) is 0 Å². The molecule has 0 aliphatic carbocycles. The van der Waals surface area contributed by atoms with Crippen LogP contribution < -0.4 is 5.32 Å². The molecule has 128 valence electrons. The summed E-state index contributed by atoms with van der Waals surface area (Å²) >= 11 is 4.61. The Bertz CT molecular complexity index is 569. The van der Waals surface area contributed by atoms with Crippen LogP contribution in [0.15, 0.2) is 21.5 Å². The predicted molar refractivity (Wildman–Crippen MR) is 94.2 cm³/mol. The molecule has 1 rings (SSSR count). The summed E-state index contributed by atoms with van der Waals surface area (Å²) in [5.41, 5.74) is 0.0976. The van der Waals surface area contributed by atoms with E-state index in [-0.39, 0.29) is 22.8 Å². The van der Waals surface area contributed by atoms with Crippen molar-refractivity contribution < 1.29 is 18.7 Å². The molecule has 4 nitrogen and oxygen atoms in total. The largest absolute Gasteiger partial charge is 0.465 e. The molecule has 0 spiro atoms. The standard InChI is InChI=1S/C16H21BrFNO3S/c1-4-6-14(16(21)22-7-5-2)23-15-9-13(19-10(3)20)12(18)8-11(15)17/h8-9,14H,4-7H2,1-3H3,(H,19,20). The second kappa shape index (κ2) is 9.93. The lowest BCUT2D eigenvalue weighted by Gasteiger charge is -2.16. The van der Waals surface area contributed by atoms with E-state index < -0.39 is 5.82 Å². The molecule has 0 fully saturated rings. The molecule has 1 aromatic rings. The number of hydrogen-bond acceptors (Lipinski definition) is 4. The van der Waals surface area contributed by atoms with Gasteiger partial charge in [-0.25, -0.2) is 4.39 Å². The van der Waals surface area contributed by atoms with E-state index >= 15 is 0 Å². The molecule has 0 aliphatic heterocycles. The molecule has 1 aromatic carbocycles. The number of ether oxygens (including phenoxy) is 1. The smallest absolute Gasteiger partial charge is 0.319 e. The van der Waals surface area contributed by atoms with Crippen LogP contribution in [-0.4, -0.2) is 23.7 Å². The Kier molecular flexibility index (Phi) is 8.62. The third-order valence-electron chi connectivity index (χ3n) is 2.86. The first kappa shape index (κ1) is 20.0. The summed E-state index contributed by atoms with van der Waals surface area (Å²) in [5, 5.41) is 2.08. The lowest BCUT2D eigenvalue weighted by molar-refractivity contribution is -0.143. The first-order valence-electron chi connectivity index (χ1n) is 7.48. The predicted octanol–water partition coefficient (Wildman–Crippen LogP) is 4.76. The minimum absolute atomic E-state index is 0.0976. The quantitative estimate of drug-likeness (QED) is 0.500. The van der Waals surface area contributed by atoms with E-state index in [0.717, 1.165) is 12.8 Å². The van der Waals surface area contributed by atoms with Gasteiger partial charge in [0.25, 0.3) is 0 Å². The summed E-state index contributed by atoms with van der Waals surface area (Å²) in [5.74, 6) is -1.15. The minimum Gasteiger partial charge on any atom is -0.465 e. The van der Waals surface area contributed by atoms with Crippen LogP contribution in [0.5, 0.6) is 0 Å². The molecule has 1 N–H and O–H groups in total. The third-order valence-corrected chi connectivity index (χ3v) is 5.09. The summed E-state index contributed by atoms with van der Waals surface area (Å²) in [6, 6.07) is 2.81. The average Bonchev–Trinajstić information content (AvgIpc) is 2.48. The first-order chi connectivity index (χ1) is 10.9. The molecule has 0 bridgehead atoms. The molecular formula is C16H21BrFNO3S. The number of halogens is 2. The Morgan fingerprint density at radius 2 is 2.04 bits per heavy atom. The molecule has 0 saturated heterocycles. The molecule has 7 heteroatoms. The van der Waals surface area contributed by atoms with Gasteiger partial charge in [-0.05, 0) is 40.9 Å². The molecule has 1 unspecified atom stereocenters. The second-order valence-corrected chi connectivity index (χ2v) is 7.11. The fourth-order valence-corrected chi connectivity index (χ4v) is 3.62. The fourth-order valence-electron chi connectivity index (χ4n) is 1.84. The van der Waals surface area contributed by atoms with Crippen LogP contribution >= 0.6 is 27.7 Å². The van der Waals surface area contributed by atoms with Gasteiger partial charge < -0.3 is 10.1 Å². The number of carbonyl (C=O) groups is 2. The summed E-state index contributed by atoms with van der Waals surface area (Å²) < 4.78 is 19.6. The number of amides is 1. The SMILES string of the molecule is CCCOC(=O)C(CCC)Sc1cc(NC(C)=O)c(F)cc1Br. The average molecular weight is 406 g/mol. The van der Waals surface area contributed by atoms with E-state index in [1.807, 2.05) is 13.8 Å². The van der Waals surface area contributed by atoms with Crippen molar-refractivity contribution in [2.45, 2.75) is 50.2 Å². The van der Waals surface area contributed by atoms with Gasteiger partial charge >= 0.3 is 5.97 Å². The zero-order valence-corrected chi connectivity index (χ0v) is 15.9. The summed E-state index contributed by atoms with van der Waals surface area (Å²) in [6.07, 6.45) is 2.25. The summed E-state index contributed by atoms with van der Waals surface area (Å²) in [6.45, 7) is 5.63. The van der Waals surface area contributed by atoms with E-state index in [4.69, 9.17) is 4.74 Å². The first-order valence-corrected chi connectivity index (χ1v) is 9.16. The number of carbonyl (C=O) groups excluding carboxylic acids is 2. The Morgan fingerprint density at radius 3 is 2.61 bits per heavy atom. The van der Waals surface area contributed by atoms with E-state index in [2.05, 4.69) is 21.2 Å². The zero-order valence-electron chi connectivity index (χ0n) is 13.4. The molecule has 0 heterocycles. The van der Waals surface area contributed by atoms with Crippen molar-refractivity contribution in [3.05, 3.63) is 22.4 Å². The van der Waals surface area contributed by atoms with E-state index in [9.17, 15) is 14.0 Å². The number of rotatable bonds is 8. The van der Waals surface area contributed by atoms with Gasteiger partial charge in [-0.1, -0.05) is 20.3 Å². The Morgan fingerprint density at radius 1 is 1.35 bits per heavy atom. The van der Waals surface area contributed by atoms with Gasteiger partial charge in [0.2, 0.25) is 5.91 Å². The van der Waals surface area contributed by atoms with Crippen LogP contribution in [0, 0.1) is 5.82 Å². The lowest BCUT2D eigenvalue weighted by atomic mass is 10.2. The van der Waals surface area contributed by atoms with Gasteiger partial charge in [0.05, 0.1) is 12.3 Å². The molecule has 1 amide bonds. The molecule has 0 aromatic heterocycles. The highest BCUT2D eigenvalue weighted by atomic mass is 79.9. The van der Waals surface area contributed by atoms with Crippen molar-refractivity contribution in [3.63, 3.8) is 0 Å². The number of nitrogens with one attached hydrogen (secondary N) is 1. The van der Waals surface area contributed by atoms with Crippen molar-refractivity contribution in [2.75, 3.05) is 11.9 Å². The van der Waals surface area contributed by atoms with Crippen molar-refractivity contribution >= 4 is 45.3 Å². The topological polar surface area (TPSA) is 55.4 Å². The maximum atomic E-state index is 13.9. The monoisotopic (exact) mass is 405 g/mol. The van der Waals surface area contributed by atoms with Gasteiger partial charge in [0, 0.05) is 16.3 Å². The number of esters is 1. The summed E-state index contributed by atoms with van der Waals surface area (Å²) in [7, 11) is 0. The molecule has 0 aliphatic rings. The maximum absolute atomic E-state index is 13.9. The highest BCUT2D eigenvalue weighted by molar-refractivity contribution is 9.10. The summed E-state index contributed by atoms with van der Waals surface area (Å²) in [4.78, 5) is 24.0. The Balaban J connectivity index is 2.98. The Hall–Kier alpha value is -1.08. The van der Waals surface area contributed by atoms with Gasteiger partial charge in [0.1, 0.15) is 11.1 Å². The van der Waals surface area contributed by atoms with E-state index in [0.29, 0.717) is 22.4 Å². The van der Waals surface area contributed by atoms with Crippen LogP contribution in [-0.2, 0) is 14.3 Å². The van der Waals surface area contributed by atoms with E-state index in [1.165, 1.54) is 30.8 Å². The van der Waals surface area contributed by atoms with Crippen molar-refractivity contribution in [2.24, 2.45) is 0 Å². The maximum Gasteiger partial charge on any atom is 0.319 e. The van der Waals surface area contributed by atoms with Crippen LogP contribution in [0.25, 0.3) is 0 Å². The second-order valence-electron chi connectivity index (χ2n) is 5.01. The molecule has 1 atom stereocenters. The lowest BCUT2D eigenvalue weighted by Crippen LogP contribution is -2.20. The minimum atomic E-state index is -0.531. The molecule has 0 saturated carbocycles. The number of benzene rings is 1. The van der Waals surface area contributed by atoms with Crippen molar-refractivity contribution in [1.29, 1.82) is 0 Å². The molecule has 0 radical (unpaired) electrons. The highest BCUT2D eigenvalue weighted by Crippen LogP contribution is 2.36. The van der Waals surface area contributed by atoms with Gasteiger partial charge in [-0.3, -0.25) is 9.59 Å². The fraction of sp³-hybridized carbons (Fsp3) is 0.500. The van der Waals surface area contributed by atoms with Crippen LogP contribution in [0.3, 0.4) is 0 Å². The van der Waals surface area contributed by atoms with Crippen molar-refractivity contribution in [3.8, 4) is 0 Å². The molecule has 23 heavy (non-hydrogen) atoms. The van der Waals surface area contributed by atoms with Gasteiger partial charge in [0.15, 0.2) is 0 Å². The number of thioether (sulfide) groups is 1. The van der Waals surface area contributed by atoms with E-state index in [1.54, 1.807) is 0 Å². The van der Waals surface area contributed by atoms with Crippen LogP contribution in [0.1, 0.15) is 40.0 Å². The highest BCUT2D eigenvalue weighted by Gasteiger charge is 2.22.